The van der Waals surface area contributed by atoms with Crippen LogP contribution in [0.2, 0.25) is 5.02 Å². The molecule has 0 aliphatic carbocycles. The molecule has 0 radical (unpaired) electrons. The number of halogens is 2. The van der Waals surface area contributed by atoms with Crippen LogP contribution in [0.5, 0.6) is 0 Å². The summed E-state index contributed by atoms with van der Waals surface area (Å²) in [7, 11) is 0. The molecule has 14 heavy (non-hydrogen) atoms. The molecule has 0 spiro atoms. The van der Waals surface area contributed by atoms with Crippen molar-refractivity contribution in [3.8, 4) is 11.8 Å². The van der Waals surface area contributed by atoms with Crippen molar-refractivity contribution in [1.82, 2.24) is 0 Å². The Morgan fingerprint density at radius 2 is 2.21 bits per heavy atom. The number of hydrogen-bond acceptors (Lipinski definition) is 1. The fourth-order valence-electron chi connectivity index (χ4n) is 0.956. The van der Waals surface area contributed by atoms with Crippen LogP contribution >= 0.6 is 24.2 Å². The van der Waals surface area contributed by atoms with Gasteiger partial charge in [0.05, 0.1) is 5.56 Å². The summed E-state index contributed by atoms with van der Waals surface area (Å²) >= 11 is 9.86. The highest BCUT2D eigenvalue weighted by atomic mass is 35.5. The van der Waals surface area contributed by atoms with Crippen LogP contribution < -0.4 is 0 Å². The number of benzene rings is 1. The van der Waals surface area contributed by atoms with Gasteiger partial charge in [0.15, 0.2) is 0 Å². The summed E-state index contributed by atoms with van der Waals surface area (Å²) in [4.78, 5) is 0. The Hall–Kier alpha value is -0.650. The quantitative estimate of drug-likeness (QED) is 0.552. The third-order valence-electron chi connectivity index (χ3n) is 1.71. The van der Waals surface area contributed by atoms with Gasteiger partial charge in [-0.25, -0.2) is 4.39 Å². The van der Waals surface area contributed by atoms with Gasteiger partial charge in [-0.2, -0.15) is 12.6 Å². The van der Waals surface area contributed by atoms with Crippen LogP contribution in [0.3, 0.4) is 0 Å². The molecule has 0 amide bonds. The lowest BCUT2D eigenvalue weighted by molar-refractivity contribution is 0.623. The second kappa shape index (κ2) is 5.29. The van der Waals surface area contributed by atoms with Gasteiger partial charge in [0.1, 0.15) is 5.82 Å². The van der Waals surface area contributed by atoms with Crippen molar-refractivity contribution in [3.63, 3.8) is 0 Å². The van der Waals surface area contributed by atoms with Crippen molar-refractivity contribution in [1.29, 1.82) is 0 Å². The largest absolute Gasteiger partial charge is 0.206 e. The van der Waals surface area contributed by atoms with Crippen LogP contribution in [-0.4, -0.2) is 5.75 Å². The average Bonchev–Trinajstić information content (AvgIpc) is 2.14. The standard InChI is InChI=1S/C11H10ClFS/c1-8-6-11(13)9(7-10(8)12)4-2-3-5-14/h6-7,14H,3,5H2,1H3. The minimum Gasteiger partial charge on any atom is -0.206 e. The first kappa shape index (κ1) is 11.4. The first-order valence-electron chi connectivity index (χ1n) is 4.20. The maximum Gasteiger partial charge on any atom is 0.139 e. The van der Waals surface area contributed by atoms with E-state index in [2.05, 4.69) is 24.5 Å². The Kier molecular flexibility index (Phi) is 4.31. The summed E-state index contributed by atoms with van der Waals surface area (Å²) in [5.74, 6) is 5.89. The van der Waals surface area contributed by atoms with Gasteiger partial charge < -0.3 is 0 Å². The molecular formula is C11H10ClFS. The van der Waals surface area contributed by atoms with Gasteiger partial charge in [-0.3, -0.25) is 0 Å². The third kappa shape index (κ3) is 2.94. The van der Waals surface area contributed by atoms with Gasteiger partial charge in [-0.1, -0.05) is 23.4 Å². The molecule has 74 valence electrons. The average molecular weight is 229 g/mol. The molecule has 0 heterocycles. The van der Waals surface area contributed by atoms with Gasteiger partial charge in [0.2, 0.25) is 0 Å². The van der Waals surface area contributed by atoms with E-state index in [0.29, 0.717) is 22.8 Å². The molecule has 1 aromatic carbocycles. The van der Waals surface area contributed by atoms with Crippen LogP contribution in [0, 0.1) is 24.6 Å². The van der Waals surface area contributed by atoms with Crippen LogP contribution in [0.25, 0.3) is 0 Å². The lowest BCUT2D eigenvalue weighted by Gasteiger charge is -1.99. The highest BCUT2D eigenvalue weighted by Crippen LogP contribution is 2.19. The lowest BCUT2D eigenvalue weighted by Crippen LogP contribution is -1.86. The van der Waals surface area contributed by atoms with Crippen LogP contribution in [-0.2, 0) is 0 Å². The molecule has 0 nitrogen and oxygen atoms in total. The predicted molar refractivity (Wildman–Crippen MR) is 61.5 cm³/mol. The summed E-state index contributed by atoms with van der Waals surface area (Å²) in [5.41, 5.74) is 1.08. The first-order chi connectivity index (χ1) is 6.65. The van der Waals surface area contributed by atoms with E-state index < -0.39 is 0 Å². The molecule has 0 saturated heterocycles. The van der Waals surface area contributed by atoms with E-state index in [9.17, 15) is 4.39 Å². The Labute approximate surface area is 93.9 Å². The van der Waals surface area contributed by atoms with Crippen molar-refractivity contribution >= 4 is 24.2 Å². The fourth-order valence-corrected chi connectivity index (χ4v) is 1.23. The minimum atomic E-state index is -0.321. The summed E-state index contributed by atoms with van der Waals surface area (Å²) in [6.07, 6.45) is 0.647. The molecule has 0 aliphatic rings. The third-order valence-corrected chi connectivity index (χ3v) is 2.34. The molecule has 0 saturated carbocycles. The van der Waals surface area contributed by atoms with E-state index in [1.54, 1.807) is 13.0 Å². The van der Waals surface area contributed by atoms with Crippen molar-refractivity contribution in [2.75, 3.05) is 5.75 Å². The molecular weight excluding hydrogens is 219 g/mol. The molecule has 0 unspecified atom stereocenters. The smallest absolute Gasteiger partial charge is 0.139 e. The molecule has 1 rings (SSSR count). The maximum atomic E-state index is 13.3. The molecule has 0 aromatic heterocycles. The molecule has 0 aliphatic heterocycles. The van der Waals surface area contributed by atoms with E-state index in [0.717, 1.165) is 5.56 Å². The number of hydrogen-bond donors (Lipinski definition) is 1. The number of aryl methyl sites for hydroxylation is 1. The SMILES string of the molecule is Cc1cc(F)c(C#CCCS)cc1Cl. The minimum absolute atomic E-state index is 0.321. The highest BCUT2D eigenvalue weighted by Gasteiger charge is 2.02. The Bertz CT molecular complexity index is 390. The molecule has 0 atom stereocenters. The predicted octanol–water partition coefficient (Wildman–Crippen LogP) is 3.46. The Morgan fingerprint density at radius 1 is 1.50 bits per heavy atom. The second-order valence-corrected chi connectivity index (χ2v) is 3.71. The van der Waals surface area contributed by atoms with Gasteiger partial charge in [-0.15, -0.1) is 0 Å². The summed E-state index contributed by atoms with van der Waals surface area (Å²) in [6, 6.07) is 2.95. The van der Waals surface area contributed by atoms with Crippen molar-refractivity contribution in [3.05, 3.63) is 34.1 Å². The van der Waals surface area contributed by atoms with Crippen LogP contribution in [0.4, 0.5) is 4.39 Å². The maximum absolute atomic E-state index is 13.3. The van der Waals surface area contributed by atoms with E-state index in [4.69, 9.17) is 11.6 Å². The van der Waals surface area contributed by atoms with E-state index in [1.165, 1.54) is 6.07 Å². The molecule has 3 heteroatoms. The van der Waals surface area contributed by atoms with Gasteiger partial charge >= 0.3 is 0 Å². The molecule has 0 N–H and O–H groups in total. The van der Waals surface area contributed by atoms with Crippen molar-refractivity contribution in [2.45, 2.75) is 13.3 Å². The topological polar surface area (TPSA) is 0 Å². The van der Waals surface area contributed by atoms with E-state index >= 15 is 0 Å². The Morgan fingerprint density at radius 3 is 2.86 bits per heavy atom. The van der Waals surface area contributed by atoms with Crippen LogP contribution in [0.1, 0.15) is 17.5 Å². The van der Waals surface area contributed by atoms with Gasteiger partial charge in [0, 0.05) is 17.2 Å². The second-order valence-electron chi connectivity index (χ2n) is 2.86. The van der Waals surface area contributed by atoms with E-state index in [1.807, 2.05) is 0 Å². The van der Waals surface area contributed by atoms with Crippen LogP contribution in [0.15, 0.2) is 12.1 Å². The van der Waals surface area contributed by atoms with Gasteiger partial charge in [0.25, 0.3) is 0 Å². The van der Waals surface area contributed by atoms with Crippen molar-refractivity contribution in [2.24, 2.45) is 0 Å². The monoisotopic (exact) mass is 228 g/mol. The molecule has 1 aromatic rings. The zero-order valence-corrected chi connectivity index (χ0v) is 9.42. The molecule has 0 bridgehead atoms. The first-order valence-corrected chi connectivity index (χ1v) is 5.21. The fraction of sp³-hybridized carbons (Fsp3) is 0.273. The summed E-state index contributed by atoms with van der Waals surface area (Å²) in [6.45, 7) is 1.76. The Balaban J connectivity index is 3.00. The molecule has 0 fully saturated rings. The van der Waals surface area contributed by atoms with E-state index in [-0.39, 0.29) is 5.82 Å². The summed E-state index contributed by atoms with van der Waals surface area (Å²) in [5, 5.41) is 0.543. The highest BCUT2D eigenvalue weighted by molar-refractivity contribution is 7.80. The zero-order valence-electron chi connectivity index (χ0n) is 7.77. The summed E-state index contributed by atoms with van der Waals surface area (Å²) < 4.78 is 13.3. The normalized spacial score (nSPS) is 9.43. The van der Waals surface area contributed by atoms with Crippen molar-refractivity contribution < 1.29 is 4.39 Å². The van der Waals surface area contributed by atoms with Gasteiger partial charge in [-0.05, 0) is 24.6 Å². The zero-order chi connectivity index (χ0) is 10.6. The number of rotatable bonds is 1. The number of thiol groups is 1. The lowest BCUT2D eigenvalue weighted by atomic mass is 10.1.